The number of carbonyl (C=O) groups excluding carboxylic acids is 1. The van der Waals surface area contributed by atoms with Crippen molar-refractivity contribution in [2.75, 3.05) is 13.1 Å². The quantitative estimate of drug-likeness (QED) is 0.808. The van der Waals surface area contributed by atoms with Gasteiger partial charge in [-0.1, -0.05) is 26.7 Å². The van der Waals surface area contributed by atoms with Gasteiger partial charge in [-0.15, -0.1) is 0 Å². The number of likely N-dealkylation sites (tertiary alicyclic amines) is 1. The predicted molar refractivity (Wildman–Crippen MR) is 89.1 cm³/mol. The van der Waals surface area contributed by atoms with Gasteiger partial charge in [0, 0.05) is 19.0 Å². The Morgan fingerprint density at radius 1 is 1.39 bits per heavy atom. The first kappa shape index (κ1) is 17.9. The third-order valence-corrected chi connectivity index (χ3v) is 4.66. The molecule has 0 aliphatic carbocycles. The molecule has 2 rings (SSSR count). The van der Waals surface area contributed by atoms with E-state index in [0.717, 1.165) is 43.9 Å². The maximum Gasteiger partial charge on any atom is 0.225 e. The molecule has 1 saturated heterocycles. The SMILES string of the molecule is CCCC(O)(CCC)CC(=O)N1CCCC(c2n[nH]c(C)n2)C1. The van der Waals surface area contributed by atoms with E-state index in [2.05, 4.69) is 15.2 Å². The summed E-state index contributed by atoms with van der Waals surface area (Å²) >= 11 is 0. The zero-order valence-electron chi connectivity index (χ0n) is 14.6. The fraction of sp³-hybridized carbons (Fsp3) is 0.824. The first-order valence-corrected chi connectivity index (χ1v) is 8.86. The van der Waals surface area contributed by atoms with Gasteiger partial charge in [-0.25, -0.2) is 4.98 Å². The van der Waals surface area contributed by atoms with Gasteiger partial charge in [0.1, 0.15) is 5.82 Å². The van der Waals surface area contributed by atoms with Crippen LogP contribution in [0.1, 0.15) is 76.4 Å². The lowest BCUT2D eigenvalue weighted by Crippen LogP contribution is -2.43. The lowest BCUT2D eigenvalue weighted by Gasteiger charge is -2.35. The molecule has 130 valence electrons. The first-order valence-electron chi connectivity index (χ1n) is 8.86. The van der Waals surface area contributed by atoms with Crippen molar-refractivity contribution in [3.05, 3.63) is 11.6 Å². The van der Waals surface area contributed by atoms with E-state index in [0.29, 0.717) is 19.4 Å². The number of aryl methyl sites for hydroxylation is 1. The Balaban J connectivity index is 1.98. The van der Waals surface area contributed by atoms with Crippen molar-refractivity contribution in [1.82, 2.24) is 20.1 Å². The van der Waals surface area contributed by atoms with Crippen LogP contribution in [0.4, 0.5) is 0 Å². The Morgan fingerprint density at radius 2 is 2.09 bits per heavy atom. The molecule has 0 spiro atoms. The van der Waals surface area contributed by atoms with Crippen molar-refractivity contribution in [3.8, 4) is 0 Å². The fourth-order valence-electron chi connectivity index (χ4n) is 3.58. The molecule has 1 atom stereocenters. The fourth-order valence-corrected chi connectivity index (χ4v) is 3.58. The van der Waals surface area contributed by atoms with Crippen molar-refractivity contribution < 1.29 is 9.90 Å². The summed E-state index contributed by atoms with van der Waals surface area (Å²) in [5.41, 5.74) is -0.852. The number of carbonyl (C=O) groups is 1. The highest BCUT2D eigenvalue weighted by Crippen LogP contribution is 2.28. The van der Waals surface area contributed by atoms with E-state index in [-0.39, 0.29) is 18.2 Å². The van der Waals surface area contributed by atoms with Gasteiger partial charge in [-0.3, -0.25) is 9.89 Å². The third kappa shape index (κ3) is 4.77. The number of aromatic amines is 1. The van der Waals surface area contributed by atoms with Crippen LogP contribution in [0.2, 0.25) is 0 Å². The average Bonchev–Trinajstić information content (AvgIpc) is 2.94. The number of piperidine rings is 1. The van der Waals surface area contributed by atoms with Crippen molar-refractivity contribution in [2.24, 2.45) is 0 Å². The van der Waals surface area contributed by atoms with E-state index < -0.39 is 5.60 Å². The van der Waals surface area contributed by atoms with Crippen LogP contribution < -0.4 is 0 Å². The summed E-state index contributed by atoms with van der Waals surface area (Å²) in [6.45, 7) is 7.41. The number of rotatable bonds is 7. The molecule has 0 bridgehead atoms. The molecule has 1 aliphatic rings. The van der Waals surface area contributed by atoms with Crippen molar-refractivity contribution in [2.45, 2.75) is 77.2 Å². The van der Waals surface area contributed by atoms with Crippen LogP contribution in [0.3, 0.4) is 0 Å². The van der Waals surface area contributed by atoms with E-state index in [1.54, 1.807) is 0 Å². The van der Waals surface area contributed by atoms with Gasteiger partial charge < -0.3 is 10.0 Å². The zero-order valence-corrected chi connectivity index (χ0v) is 14.6. The van der Waals surface area contributed by atoms with Crippen LogP contribution in [0.15, 0.2) is 0 Å². The van der Waals surface area contributed by atoms with Gasteiger partial charge in [0.05, 0.1) is 12.0 Å². The van der Waals surface area contributed by atoms with Crippen LogP contribution in [-0.2, 0) is 4.79 Å². The predicted octanol–water partition coefficient (Wildman–Crippen LogP) is 2.54. The highest BCUT2D eigenvalue weighted by molar-refractivity contribution is 5.77. The molecule has 1 aromatic rings. The Labute approximate surface area is 138 Å². The number of aliphatic hydroxyl groups is 1. The van der Waals surface area contributed by atoms with Gasteiger partial charge in [0.2, 0.25) is 5.91 Å². The van der Waals surface area contributed by atoms with Gasteiger partial charge >= 0.3 is 0 Å². The molecule has 1 unspecified atom stereocenters. The lowest BCUT2D eigenvalue weighted by atomic mass is 9.88. The summed E-state index contributed by atoms with van der Waals surface area (Å²) in [6, 6.07) is 0. The highest BCUT2D eigenvalue weighted by Gasteiger charge is 2.33. The number of H-pyrrole nitrogens is 1. The first-order chi connectivity index (χ1) is 11.0. The van der Waals surface area contributed by atoms with E-state index in [1.807, 2.05) is 25.7 Å². The monoisotopic (exact) mass is 322 g/mol. The summed E-state index contributed by atoms with van der Waals surface area (Å²) in [7, 11) is 0. The maximum absolute atomic E-state index is 12.7. The van der Waals surface area contributed by atoms with Crippen LogP contribution in [0.5, 0.6) is 0 Å². The zero-order chi connectivity index (χ0) is 16.9. The number of nitrogens with zero attached hydrogens (tertiary/aromatic N) is 3. The minimum atomic E-state index is -0.852. The number of amides is 1. The molecule has 1 aliphatic heterocycles. The van der Waals surface area contributed by atoms with Crippen LogP contribution >= 0.6 is 0 Å². The molecule has 0 aromatic carbocycles. The van der Waals surface area contributed by atoms with Crippen molar-refractivity contribution in [3.63, 3.8) is 0 Å². The summed E-state index contributed by atoms with van der Waals surface area (Å²) < 4.78 is 0. The summed E-state index contributed by atoms with van der Waals surface area (Å²) in [5, 5.41) is 17.8. The van der Waals surface area contributed by atoms with Crippen LogP contribution in [0.25, 0.3) is 0 Å². The van der Waals surface area contributed by atoms with Crippen molar-refractivity contribution >= 4 is 5.91 Å². The minimum Gasteiger partial charge on any atom is -0.389 e. The molecule has 6 nitrogen and oxygen atoms in total. The minimum absolute atomic E-state index is 0.0614. The van der Waals surface area contributed by atoms with E-state index >= 15 is 0 Å². The van der Waals surface area contributed by atoms with Gasteiger partial charge in [-0.2, -0.15) is 5.10 Å². The number of nitrogens with one attached hydrogen (secondary N) is 1. The highest BCUT2D eigenvalue weighted by atomic mass is 16.3. The second-order valence-corrected chi connectivity index (χ2v) is 6.86. The molecule has 1 fully saturated rings. The molecule has 0 saturated carbocycles. The molecule has 2 heterocycles. The number of hydrogen-bond donors (Lipinski definition) is 2. The molecule has 0 radical (unpaired) electrons. The normalized spacial score (nSPS) is 19.1. The second kappa shape index (κ2) is 7.90. The van der Waals surface area contributed by atoms with E-state index in [1.165, 1.54) is 0 Å². The molecule has 1 aromatic heterocycles. The Hall–Kier alpha value is -1.43. The molecule has 23 heavy (non-hydrogen) atoms. The smallest absolute Gasteiger partial charge is 0.225 e. The topological polar surface area (TPSA) is 82.1 Å². The third-order valence-electron chi connectivity index (χ3n) is 4.66. The van der Waals surface area contributed by atoms with Crippen LogP contribution in [0, 0.1) is 6.92 Å². The van der Waals surface area contributed by atoms with Gasteiger partial charge in [-0.05, 0) is 32.6 Å². The molecular weight excluding hydrogens is 292 g/mol. The average molecular weight is 322 g/mol. The summed E-state index contributed by atoms with van der Waals surface area (Å²) in [4.78, 5) is 19.0. The molecule has 2 N–H and O–H groups in total. The van der Waals surface area contributed by atoms with Gasteiger partial charge in [0.25, 0.3) is 0 Å². The maximum atomic E-state index is 12.7. The Bertz CT molecular complexity index is 508. The van der Waals surface area contributed by atoms with E-state index in [4.69, 9.17) is 0 Å². The molecular formula is C17H30N4O2. The standard InChI is InChI=1S/C17H30N4O2/c1-4-8-17(23,9-5-2)11-15(22)21-10-6-7-14(12-21)16-18-13(3)19-20-16/h14,23H,4-12H2,1-3H3,(H,18,19,20). The largest absolute Gasteiger partial charge is 0.389 e. The van der Waals surface area contributed by atoms with Crippen LogP contribution in [-0.4, -0.2) is 49.8 Å². The second-order valence-electron chi connectivity index (χ2n) is 6.86. The van der Waals surface area contributed by atoms with E-state index in [9.17, 15) is 9.90 Å². The van der Waals surface area contributed by atoms with Crippen molar-refractivity contribution in [1.29, 1.82) is 0 Å². The summed E-state index contributed by atoms with van der Waals surface area (Å²) in [5.74, 6) is 1.87. The number of hydrogen-bond acceptors (Lipinski definition) is 4. The lowest BCUT2D eigenvalue weighted by molar-refractivity contribution is -0.138. The molecule has 6 heteroatoms. The molecule has 1 amide bonds. The Kier molecular flexibility index (Phi) is 6.16. The number of aromatic nitrogens is 3. The Morgan fingerprint density at radius 3 is 2.65 bits per heavy atom. The summed E-state index contributed by atoms with van der Waals surface area (Å²) in [6.07, 6.45) is 5.35. The van der Waals surface area contributed by atoms with Gasteiger partial charge in [0.15, 0.2) is 5.82 Å².